The van der Waals surface area contributed by atoms with Gasteiger partial charge in [-0.2, -0.15) is 0 Å². The van der Waals surface area contributed by atoms with E-state index >= 15 is 0 Å². The summed E-state index contributed by atoms with van der Waals surface area (Å²) in [6.07, 6.45) is 0.744. The second-order valence-electron chi connectivity index (χ2n) is 9.60. The van der Waals surface area contributed by atoms with Crippen molar-refractivity contribution in [3.63, 3.8) is 0 Å². The van der Waals surface area contributed by atoms with Gasteiger partial charge in [0.15, 0.2) is 5.13 Å². The van der Waals surface area contributed by atoms with Crippen LogP contribution in [0.1, 0.15) is 40.8 Å². The molecule has 1 N–H and O–H groups in total. The van der Waals surface area contributed by atoms with Gasteiger partial charge in [-0.1, -0.05) is 41.1 Å². The molecule has 0 unspecified atom stereocenters. The van der Waals surface area contributed by atoms with Gasteiger partial charge >= 0.3 is 5.91 Å². The number of ketones is 1. The van der Waals surface area contributed by atoms with Crippen LogP contribution in [0.15, 0.2) is 60.2 Å². The summed E-state index contributed by atoms with van der Waals surface area (Å²) in [5.41, 5.74) is 4.95. The van der Waals surface area contributed by atoms with Gasteiger partial charge in [-0.25, -0.2) is 4.98 Å². The lowest BCUT2D eigenvalue weighted by atomic mass is 9.94. The number of aromatic nitrogens is 1. The molecule has 1 aromatic heterocycles. The van der Waals surface area contributed by atoms with E-state index in [4.69, 9.17) is 21.3 Å². The van der Waals surface area contributed by atoms with Crippen LogP contribution in [0.3, 0.4) is 0 Å². The quantitative estimate of drug-likeness (QED) is 0.185. The molecule has 186 valence electrons. The van der Waals surface area contributed by atoms with E-state index in [1.165, 1.54) is 16.2 Å². The van der Waals surface area contributed by atoms with Crippen molar-refractivity contribution < 1.29 is 19.4 Å². The average Bonchev–Trinajstić information content (AvgIpc) is 3.52. The van der Waals surface area contributed by atoms with Crippen LogP contribution in [0.5, 0.6) is 5.75 Å². The first-order valence-corrected chi connectivity index (χ1v) is 13.1. The Labute approximate surface area is 222 Å². The zero-order valence-electron chi connectivity index (χ0n) is 20.4. The van der Waals surface area contributed by atoms with Gasteiger partial charge in [0.25, 0.3) is 5.78 Å². The average molecular weight is 531 g/mol. The number of benzene rings is 3. The van der Waals surface area contributed by atoms with Crippen LogP contribution in [-0.2, 0) is 16.0 Å². The molecule has 0 bridgehead atoms. The van der Waals surface area contributed by atoms with Crippen LogP contribution in [0, 0.1) is 13.8 Å². The van der Waals surface area contributed by atoms with Crippen molar-refractivity contribution in [1.82, 2.24) is 4.98 Å². The van der Waals surface area contributed by atoms with Crippen molar-refractivity contribution in [2.24, 2.45) is 0 Å². The Kier molecular flexibility index (Phi) is 5.58. The molecule has 4 aromatic rings. The lowest BCUT2D eigenvalue weighted by Crippen LogP contribution is -2.29. The first kappa shape index (κ1) is 23.7. The molecule has 0 radical (unpaired) electrons. The summed E-state index contributed by atoms with van der Waals surface area (Å²) >= 11 is 7.50. The van der Waals surface area contributed by atoms with E-state index in [2.05, 4.69) is 0 Å². The van der Waals surface area contributed by atoms with Gasteiger partial charge < -0.3 is 9.84 Å². The van der Waals surface area contributed by atoms with Crippen molar-refractivity contribution in [3.8, 4) is 5.75 Å². The van der Waals surface area contributed by atoms with Gasteiger partial charge in [0.1, 0.15) is 17.6 Å². The van der Waals surface area contributed by atoms with Gasteiger partial charge in [0.05, 0.1) is 21.8 Å². The third kappa shape index (κ3) is 3.90. The van der Waals surface area contributed by atoms with E-state index in [9.17, 15) is 14.7 Å². The highest BCUT2D eigenvalue weighted by Gasteiger charge is 2.48. The Morgan fingerprint density at radius 1 is 1.11 bits per heavy atom. The number of carbonyl (C=O) groups excluding carboxylic acids is 2. The largest absolute Gasteiger partial charge is 0.507 e. The molecule has 0 aliphatic carbocycles. The minimum atomic E-state index is -0.859. The van der Waals surface area contributed by atoms with Crippen LogP contribution in [0.25, 0.3) is 16.0 Å². The minimum Gasteiger partial charge on any atom is -0.507 e. The normalized spacial score (nSPS) is 20.5. The maximum atomic E-state index is 13.5. The standard InChI is InChI=1S/C29H23ClN2O4S/c1-14-10-15(2)24-22(11-14)37-29(31-24)32-25(17-4-7-20(30)8-5-17)23(27(34)28(32)35)26(33)18-6-9-21-19(13-18)12-16(3)36-21/h4-11,13,16,25,33H,12H2,1-3H3/b26-23+/t16-,25+/m1/s1. The van der Waals surface area contributed by atoms with Gasteiger partial charge in [-0.3, -0.25) is 14.5 Å². The Hall–Kier alpha value is -3.68. The van der Waals surface area contributed by atoms with E-state index in [-0.39, 0.29) is 17.4 Å². The third-order valence-electron chi connectivity index (χ3n) is 6.82. The lowest BCUT2D eigenvalue weighted by Gasteiger charge is -2.23. The topological polar surface area (TPSA) is 79.7 Å². The molecule has 2 atom stereocenters. The summed E-state index contributed by atoms with van der Waals surface area (Å²) in [5, 5.41) is 12.4. The smallest absolute Gasteiger partial charge is 0.301 e. The Balaban J connectivity index is 1.54. The molecule has 6 nitrogen and oxygen atoms in total. The van der Waals surface area contributed by atoms with Crippen LogP contribution >= 0.6 is 22.9 Å². The summed E-state index contributed by atoms with van der Waals surface area (Å²) in [5.74, 6) is -0.946. The number of ether oxygens (including phenoxy) is 1. The number of anilines is 1. The lowest BCUT2D eigenvalue weighted by molar-refractivity contribution is -0.132. The summed E-state index contributed by atoms with van der Waals surface area (Å²) < 4.78 is 6.71. The highest BCUT2D eigenvalue weighted by molar-refractivity contribution is 7.22. The summed E-state index contributed by atoms with van der Waals surface area (Å²) in [7, 11) is 0. The van der Waals surface area contributed by atoms with E-state index < -0.39 is 17.7 Å². The number of rotatable bonds is 3. The second kappa shape index (κ2) is 8.71. The fourth-order valence-corrected chi connectivity index (χ4v) is 6.47. The minimum absolute atomic E-state index is 0.0198. The molecule has 37 heavy (non-hydrogen) atoms. The second-order valence-corrected chi connectivity index (χ2v) is 11.0. The number of nitrogens with zero attached hydrogens (tertiary/aromatic N) is 2. The maximum Gasteiger partial charge on any atom is 0.301 e. The number of halogens is 1. The highest BCUT2D eigenvalue weighted by Crippen LogP contribution is 2.45. The van der Waals surface area contributed by atoms with Crippen molar-refractivity contribution >= 4 is 55.7 Å². The zero-order valence-corrected chi connectivity index (χ0v) is 22.0. The highest BCUT2D eigenvalue weighted by atomic mass is 35.5. The van der Waals surface area contributed by atoms with Gasteiger partial charge in [0.2, 0.25) is 0 Å². The van der Waals surface area contributed by atoms with Crippen molar-refractivity contribution in [2.45, 2.75) is 39.3 Å². The number of hydrogen-bond acceptors (Lipinski definition) is 6. The molecular weight excluding hydrogens is 508 g/mol. The third-order valence-corrected chi connectivity index (χ3v) is 8.08. The first-order valence-electron chi connectivity index (χ1n) is 12.0. The van der Waals surface area contributed by atoms with Crippen LogP contribution in [0.4, 0.5) is 5.13 Å². The van der Waals surface area contributed by atoms with Gasteiger partial charge in [-0.15, -0.1) is 0 Å². The Morgan fingerprint density at radius 2 is 1.86 bits per heavy atom. The Bertz CT molecular complexity index is 1640. The molecule has 6 rings (SSSR count). The van der Waals surface area contributed by atoms with E-state index in [0.717, 1.165) is 32.7 Å². The molecule has 3 heterocycles. The monoisotopic (exact) mass is 530 g/mol. The van der Waals surface area contributed by atoms with Crippen molar-refractivity contribution in [2.75, 3.05) is 4.90 Å². The number of thiazole rings is 1. The van der Waals surface area contributed by atoms with E-state index in [1.807, 2.05) is 39.0 Å². The number of hydrogen-bond donors (Lipinski definition) is 1. The molecule has 0 spiro atoms. The van der Waals surface area contributed by atoms with E-state index in [0.29, 0.717) is 27.7 Å². The first-order chi connectivity index (χ1) is 17.7. The maximum absolute atomic E-state index is 13.5. The van der Waals surface area contributed by atoms with E-state index in [1.54, 1.807) is 36.4 Å². The molecule has 2 aliphatic rings. The van der Waals surface area contributed by atoms with Gasteiger partial charge in [0, 0.05) is 17.0 Å². The summed E-state index contributed by atoms with van der Waals surface area (Å²) in [4.78, 5) is 33.2. The molecule has 1 saturated heterocycles. The number of Topliss-reactive ketones (excluding diaryl/α,β-unsaturated/α-hetero) is 1. The number of aliphatic hydroxyl groups is 1. The van der Waals surface area contributed by atoms with Gasteiger partial charge in [-0.05, 0) is 79.4 Å². The Morgan fingerprint density at radius 3 is 2.62 bits per heavy atom. The van der Waals surface area contributed by atoms with Crippen LogP contribution < -0.4 is 9.64 Å². The summed E-state index contributed by atoms with van der Waals surface area (Å²) in [6, 6.07) is 15.5. The van der Waals surface area contributed by atoms with Crippen molar-refractivity contribution in [1.29, 1.82) is 0 Å². The van der Waals surface area contributed by atoms with Crippen LogP contribution in [0.2, 0.25) is 5.02 Å². The fourth-order valence-electron chi connectivity index (χ4n) is 5.18. The summed E-state index contributed by atoms with van der Waals surface area (Å²) in [6.45, 7) is 5.96. The fraction of sp³-hybridized carbons (Fsp3) is 0.207. The number of aliphatic hydroxyl groups excluding tert-OH is 1. The number of aryl methyl sites for hydroxylation is 2. The SMILES string of the molecule is Cc1cc(C)c2nc(N3C(=O)C(=O)/C(=C(/O)c4ccc5c(c4)C[C@@H](C)O5)[C@@H]3c3ccc(Cl)cc3)sc2c1. The molecule has 3 aromatic carbocycles. The molecule has 2 aliphatic heterocycles. The molecule has 1 amide bonds. The van der Waals surface area contributed by atoms with Crippen molar-refractivity contribution in [3.05, 3.63) is 93.0 Å². The zero-order chi connectivity index (χ0) is 26.0. The number of fused-ring (bicyclic) bond motifs is 2. The van der Waals surface area contributed by atoms with Crippen LogP contribution in [-0.4, -0.2) is 27.9 Å². The molecular formula is C29H23ClN2O4S. The molecule has 8 heteroatoms. The predicted molar refractivity (Wildman–Crippen MR) is 146 cm³/mol. The number of amides is 1. The molecule has 1 fully saturated rings. The number of carbonyl (C=O) groups is 2. The molecule has 0 saturated carbocycles. The predicted octanol–water partition coefficient (Wildman–Crippen LogP) is 6.52.